The Hall–Kier alpha value is -4.02. The molecule has 2 aromatic carbocycles. The van der Waals surface area contributed by atoms with Crippen molar-refractivity contribution < 1.29 is 14.3 Å². The number of nitriles is 1. The van der Waals surface area contributed by atoms with Crippen molar-refractivity contribution in [2.75, 3.05) is 24.4 Å². The van der Waals surface area contributed by atoms with Gasteiger partial charge >= 0.3 is 0 Å². The van der Waals surface area contributed by atoms with Crippen LogP contribution in [-0.2, 0) is 4.79 Å². The van der Waals surface area contributed by atoms with Crippen LogP contribution >= 0.6 is 11.6 Å². The zero-order valence-electron chi connectivity index (χ0n) is 19.1. The Morgan fingerprint density at radius 2 is 2.03 bits per heavy atom. The summed E-state index contributed by atoms with van der Waals surface area (Å²) >= 11 is 6.15. The van der Waals surface area contributed by atoms with Gasteiger partial charge in [-0.25, -0.2) is 4.98 Å². The zero-order chi connectivity index (χ0) is 24.5. The Morgan fingerprint density at radius 3 is 2.71 bits per heavy atom. The molecular weight excluding hydrogens is 452 g/mol. The van der Waals surface area contributed by atoms with Gasteiger partial charge < -0.3 is 20.1 Å². The molecule has 34 heavy (non-hydrogen) atoms. The lowest BCUT2D eigenvalue weighted by Gasteiger charge is -2.15. The standard InChI is InChI=1S/C26H25ClN4O3/c1-17(2)16-34-26-19(5-4-6-23(26)33-3)8-12-25(32)31-21-10-9-20(27)13-22(21)30-24-11-7-18(14-28)15-29-24/h4-13,15,17H,16H2,1-3H3,(H,29,30)(H,31,32)/b12-8+. The van der Waals surface area contributed by atoms with E-state index in [1.165, 1.54) is 12.3 Å². The maximum absolute atomic E-state index is 12.7. The average Bonchev–Trinajstić information content (AvgIpc) is 2.83. The predicted octanol–water partition coefficient (Wildman–Crippen LogP) is 6.05. The number of halogens is 1. The number of nitrogens with zero attached hydrogens (tertiary/aromatic N) is 2. The molecule has 1 amide bonds. The van der Waals surface area contributed by atoms with Gasteiger partial charge in [0, 0.05) is 22.9 Å². The zero-order valence-corrected chi connectivity index (χ0v) is 19.9. The molecule has 0 saturated heterocycles. The minimum absolute atomic E-state index is 0.337. The maximum atomic E-state index is 12.7. The van der Waals surface area contributed by atoms with E-state index in [2.05, 4.69) is 29.5 Å². The number of carbonyl (C=O) groups excluding carboxylic acids is 1. The number of anilines is 3. The molecular formula is C26H25ClN4O3. The highest BCUT2D eigenvalue weighted by molar-refractivity contribution is 6.31. The molecule has 0 aliphatic heterocycles. The molecule has 3 rings (SSSR count). The van der Waals surface area contributed by atoms with E-state index in [1.807, 2.05) is 24.3 Å². The Morgan fingerprint density at radius 1 is 1.21 bits per heavy atom. The quantitative estimate of drug-likeness (QED) is 0.365. The fourth-order valence-electron chi connectivity index (χ4n) is 2.97. The lowest BCUT2D eigenvalue weighted by Crippen LogP contribution is -2.10. The van der Waals surface area contributed by atoms with E-state index in [0.29, 0.717) is 51.8 Å². The lowest BCUT2D eigenvalue weighted by molar-refractivity contribution is -0.111. The summed E-state index contributed by atoms with van der Waals surface area (Å²) in [4.78, 5) is 16.9. The first-order valence-corrected chi connectivity index (χ1v) is 11.0. The van der Waals surface area contributed by atoms with Crippen LogP contribution in [0.15, 0.2) is 60.8 Å². The van der Waals surface area contributed by atoms with E-state index >= 15 is 0 Å². The summed E-state index contributed by atoms with van der Waals surface area (Å²) in [5.74, 6) is 1.70. The summed E-state index contributed by atoms with van der Waals surface area (Å²) in [5, 5.41) is 15.4. The van der Waals surface area contributed by atoms with Gasteiger partial charge in [-0.2, -0.15) is 5.26 Å². The van der Waals surface area contributed by atoms with E-state index < -0.39 is 0 Å². The number of methoxy groups -OCH3 is 1. The van der Waals surface area contributed by atoms with Gasteiger partial charge in [0.05, 0.1) is 30.7 Å². The molecule has 0 aliphatic carbocycles. The summed E-state index contributed by atoms with van der Waals surface area (Å²) in [5.41, 5.74) is 2.26. The minimum Gasteiger partial charge on any atom is -0.493 e. The molecule has 0 bridgehead atoms. The Balaban J connectivity index is 1.78. The molecule has 0 atom stereocenters. The van der Waals surface area contributed by atoms with Crippen molar-refractivity contribution >= 4 is 40.8 Å². The number of para-hydroxylation sites is 1. The summed E-state index contributed by atoms with van der Waals surface area (Å²) in [6, 6.07) is 15.9. The Labute approximate surface area is 204 Å². The second-order valence-corrected chi connectivity index (χ2v) is 8.20. The molecule has 3 aromatic rings. The van der Waals surface area contributed by atoms with Crippen LogP contribution in [0.5, 0.6) is 11.5 Å². The molecule has 0 aliphatic rings. The average molecular weight is 477 g/mol. The molecule has 0 saturated carbocycles. The van der Waals surface area contributed by atoms with Crippen LogP contribution in [0.3, 0.4) is 0 Å². The number of amides is 1. The summed E-state index contributed by atoms with van der Waals surface area (Å²) in [6.45, 7) is 4.64. The molecule has 0 fully saturated rings. The first-order valence-electron chi connectivity index (χ1n) is 10.6. The van der Waals surface area contributed by atoms with Crippen molar-refractivity contribution in [2.45, 2.75) is 13.8 Å². The van der Waals surface area contributed by atoms with Crippen LogP contribution in [0.1, 0.15) is 25.0 Å². The number of rotatable bonds is 9. The number of ether oxygens (including phenoxy) is 2. The highest BCUT2D eigenvalue weighted by Crippen LogP contribution is 2.33. The van der Waals surface area contributed by atoms with Crippen molar-refractivity contribution in [1.82, 2.24) is 4.98 Å². The third-order valence-electron chi connectivity index (χ3n) is 4.60. The monoisotopic (exact) mass is 476 g/mol. The van der Waals surface area contributed by atoms with Crippen LogP contribution in [0.25, 0.3) is 6.08 Å². The number of pyridine rings is 1. The number of aromatic nitrogens is 1. The van der Waals surface area contributed by atoms with Gasteiger partial charge in [0.15, 0.2) is 11.5 Å². The van der Waals surface area contributed by atoms with Crippen LogP contribution < -0.4 is 20.1 Å². The number of carbonyl (C=O) groups is 1. The van der Waals surface area contributed by atoms with Crippen LogP contribution in [0, 0.1) is 17.2 Å². The largest absolute Gasteiger partial charge is 0.493 e. The molecule has 8 heteroatoms. The van der Waals surface area contributed by atoms with Crippen molar-refractivity contribution in [3.63, 3.8) is 0 Å². The van der Waals surface area contributed by atoms with Crippen LogP contribution in [0.2, 0.25) is 5.02 Å². The Kier molecular flexibility index (Phi) is 8.49. The van der Waals surface area contributed by atoms with Crippen molar-refractivity contribution in [3.8, 4) is 17.6 Å². The highest BCUT2D eigenvalue weighted by Gasteiger charge is 2.11. The van der Waals surface area contributed by atoms with E-state index in [4.69, 9.17) is 26.3 Å². The third kappa shape index (κ3) is 6.74. The minimum atomic E-state index is -0.337. The maximum Gasteiger partial charge on any atom is 0.248 e. The molecule has 7 nitrogen and oxygen atoms in total. The van der Waals surface area contributed by atoms with Crippen molar-refractivity contribution in [2.24, 2.45) is 5.92 Å². The number of hydrogen-bond acceptors (Lipinski definition) is 6. The van der Waals surface area contributed by atoms with Crippen molar-refractivity contribution in [1.29, 1.82) is 5.26 Å². The summed E-state index contributed by atoms with van der Waals surface area (Å²) in [7, 11) is 1.58. The fraction of sp³-hybridized carbons (Fsp3) is 0.192. The summed E-state index contributed by atoms with van der Waals surface area (Å²) in [6.07, 6.45) is 4.56. The fourth-order valence-corrected chi connectivity index (χ4v) is 3.14. The Bertz CT molecular complexity index is 1220. The van der Waals surface area contributed by atoms with E-state index in [0.717, 1.165) is 5.56 Å². The van der Waals surface area contributed by atoms with Gasteiger partial charge in [0.1, 0.15) is 11.9 Å². The highest BCUT2D eigenvalue weighted by atomic mass is 35.5. The SMILES string of the molecule is COc1cccc(/C=C/C(=O)Nc2ccc(Cl)cc2Nc2ccc(C#N)cn2)c1OCC(C)C. The van der Waals surface area contributed by atoms with Crippen LogP contribution in [-0.4, -0.2) is 24.6 Å². The smallest absolute Gasteiger partial charge is 0.248 e. The topological polar surface area (TPSA) is 96.3 Å². The van der Waals surface area contributed by atoms with E-state index in [9.17, 15) is 4.79 Å². The van der Waals surface area contributed by atoms with Gasteiger partial charge in [-0.05, 0) is 48.4 Å². The molecule has 0 unspecified atom stereocenters. The first-order chi connectivity index (χ1) is 16.4. The molecule has 0 spiro atoms. The van der Waals surface area contributed by atoms with Crippen molar-refractivity contribution in [3.05, 3.63) is 77.0 Å². The second kappa shape index (κ2) is 11.7. The van der Waals surface area contributed by atoms with Gasteiger partial charge in [0.2, 0.25) is 5.91 Å². The lowest BCUT2D eigenvalue weighted by atomic mass is 10.1. The first kappa shape index (κ1) is 24.6. The number of nitrogens with one attached hydrogen (secondary N) is 2. The normalized spacial score (nSPS) is 10.7. The second-order valence-electron chi connectivity index (χ2n) is 7.76. The van der Waals surface area contributed by atoms with E-state index in [1.54, 1.807) is 43.5 Å². The predicted molar refractivity (Wildman–Crippen MR) is 135 cm³/mol. The number of benzene rings is 2. The molecule has 174 valence electrons. The summed E-state index contributed by atoms with van der Waals surface area (Å²) < 4.78 is 11.3. The molecule has 1 aromatic heterocycles. The van der Waals surface area contributed by atoms with Gasteiger partial charge in [0.25, 0.3) is 0 Å². The van der Waals surface area contributed by atoms with E-state index in [-0.39, 0.29) is 5.91 Å². The van der Waals surface area contributed by atoms with Crippen LogP contribution in [0.4, 0.5) is 17.2 Å². The molecule has 2 N–H and O–H groups in total. The van der Waals surface area contributed by atoms with Gasteiger partial charge in [-0.1, -0.05) is 37.6 Å². The number of hydrogen-bond donors (Lipinski definition) is 2. The molecule has 1 heterocycles. The van der Waals surface area contributed by atoms with Gasteiger partial charge in [-0.3, -0.25) is 4.79 Å². The van der Waals surface area contributed by atoms with Gasteiger partial charge in [-0.15, -0.1) is 0 Å². The molecule has 0 radical (unpaired) electrons. The third-order valence-corrected chi connectivity index (χ3v) is 4.83.